The van der Waals surface area contributed by atoms with Crippen LogP contribution in [0, 0.1) is 0 Å². The lowest BCUT2D eigenvalue weighted by Crippen LogP contribution is -2.53. The maximum atomic E-state index is 12.6. The first-order chi connectivity index (χ1) is 12.7. The minimum atomic E-state index is -3.57. The maximum Gasteiger partial charge on any atom is 0.243 e. The predicted octanol–water partition coefficient (Wildman–Crippen LogP) is 0.287. The number of halogens is 1. The van der Waals surface area contributed by atoms with Gasteiger partial charge in [0.2, 0.25) is 21.8 Å². The van der Waals surface area contributed by atoms with Gasteiger partial charge in [-0.2, -0.15) is 4.31 Å². The van der Waals surface area contributed by atoms with Gasteiger partial charge >= 0.3 is 0 Å². The SMILES string of the molecule is CCNC(=O)[C@@H](C)NC(=O)CN1CCN(S(=O)(=O)c2ccc(Cl)cc2)CC1. The zero-order valence-corrected chi connectivity index (χ0v) is 17.0. The van der Waals surface area contributed by atoms with Gasteiger partial charge in [-0.3, -0.25) is 14.5 Å². The number of amides is 2. The summed E-state index contributed by atoms with van der Waals surface area (Å²) in [6, 6.07) is 5.46. The van der Waals surface area contributed by atoms with E-state index in [0.29, 0.717) is 37.7 Å². The van der Waals surface area contributed by atoms with Crippen molar-refractivity contribution in [3.05, 3.63) is 29.3 Å². The number of rotatable bonds is 7. The van der Waals surface area contributed by atoms with Crippen LogP contribution in [0.3, 0.4) is 0 Å². The fourth-order valence-corrected chi connectivity index (χ4v) is 4.31. The summed E-state index contributed by atoms with van der Waals surface area (Å²) in [5.41, 5.74) is 0. The molecule has 1 heterocycles. The molecule has 0 bridgehead atoms. The average molecular weight is 417 g/mol. The minimum Gasteiger partial charge on any atom is -0.355 e. The van der Waals surface area contributed by atoms with E-state index in [-0.39, 0.29) is 23.3 Å². The van der Waals surface area contributed by atoms with E-state index >= 15 is 0 Å². The minimum absolute atomic E-state index is 0.124. The van der Waals surface area contributed by atoms with Crippen LogP contribution in [0.2, 0.25) is 5.02 Å². The molecule has 1 aromatic rings. The Morgan fingerprint density at radius 1 is 1.15 bits per heavy atom. The number of piperazine rings is 1. The van der Waals surface area contributed by atoms with Gasteiger partial charge in [0.05, 0.1) is 11.4 Å². The van der Waals surface area contributed by atoms with Crippen LogP contribution in [0.5, 0.6) is 0 Å². The number of carbonyl (C=O) groups is 2. The second-order valence-electron chi connectivity index (χ2n) is 6.32. The molecule has 1 aliphatic rings. The topological polar surface area (TPSA) is 98.8 Å². The zero-order chi connectivity index (χ0) is 20.0. The normalized spacial score (nSPS) is 17.3. The first kappa shape index (κ1) is 21.6. The van der Waals surface area contributed by atoms with Crippen molar-refractivity contribution in [2.24, 2.45) is 0 Å². The molecule has 0 aliphatic carbocycles. The number of hydrogen-bond acceptors (Lipinski definition) is 5. The lowest BCUT2D eigenvalue weighted by atomic mass is 10.3. The van der Waals surface area contributed by atoms with Gasteiger partial charge < -0.3 is 10.6 Å². The summed E-state index contributed by atoms with van der Waals surface area (Å²) in [6.07, 6.45) is 0. The molecule has 1 fully saturated rings. The van der Waals surface area contributed by atoms with Crippen LogP contribution in [0.25, 0.3) is 0 Å². The van der Waals surface area contributed by atoms with Gasteiger partial charge in [0, 0.05) is 37.7 Å². The number of nitrogens with one attached hydrogen (secondary N) is 2. The largest absolute Gasteiger partial charge is 0.355 e. The fourth-order valence-electron chi connectivity index (χ4n) is 2.77. The summed E-state index contributed by atoms with van der Waals surface area (Å²) < 4.78 is 26.7. The third-order valence-electron chi connectivity index (χ3n) is 4.27. The van der Waals surface area contributed by atoms with Crippen LogP contribution in [0.4, 0.5) is 0 Å². The highest BCUT2D eigenvalue weighted by Crippen LogP contribution is 2.19. The molecule has 150 valence electrons. The van der Waals surface area contributed by atoms with Crippen molar-refractivity contribution in [1.29, 1.82) is 0 Å². The van der Waals surface area contributed by atoms with Gasteiger partial charge in [-0.25, -0.2) is 8.42 Å². The molecular formula is C17H25ClN4O4S. The van der Waals surface area contributed by atoms with E-state index < -0.39 is 16.1 Å². The summed E-state index contributed by atoms with van der Waals surface area (Å²) in [4.78, 5) is 25.8. The van der Waals surface area contributed by atoms with Crippen LogP contribution in [0.15, 0.2) is 29.2 Å². The van der Waals surface area contributed by atoms with E-state index in [4.69, 9.17) is 11.6 Å². The number of nitrogens with zero attached hydrogens (tertiary/aromatic N) is 2. The first-order valence-electron chi connectivity index (χ1n) is 8.79. The molecule has 2 amide bonds. The summed E-state index contributed by atoms with van der Waals surface area (Å²) in [5, 5.41) is 5.77. The third kappa shape index (κ3) is 5.90. The summed E-state index contributed by atoms with van der Waals surface area (Å²) >= 11 is 5.81. The van der Waals surface area contributed by atoms with Crippen LogP contribution in [-0.2, 0) is 19.6 Å². The Morgan fingerprint density at radius 3 is 2.30 bits per heavy atom. The van der Waals surface area contributed by atoms with Gasteiger partial charge in [0.15, 0.2) is 0 Å². The molecule has 0 radical (unpaired) electrons. The van der Waals surface area contributed by atoms with E-state index in [9.17, 15) is 18.0 Å². The highest BCUT2D eigenvalue weighted by atomic mass is 35.5. The average Bonchev–Trinajstić information content (AvgIpc) is 2.62. The molecule has 8 nitrogen and oxygen atoms in total. The molecule has 0 aromatic heterocycles. The number of hydrogen-bond donors (Lipinski definition) is 2. The molecule has 27 heavy (non-hydrogen) atoms. The van der Waals surface area contributed by atoms with Crippen LogP contribution >= 0.6 is 11.6 Å². The predicted molar refractivity (Wildman–Crippen MR) is 103 cm³/mol. The zero-order valence-electron chi connectivity index (χ0n) is 15.4. The van der Waals surface area contributed by atoms with Gasteiger partial charge in [0.1, 0.15) is 6.04 Å². The van der Waals surface area contributed by atoms with Crippen LogP contribution < -0.4 is 10.6 Å². The molecule has 1 saturated heterocycles. The van der Waals surface area contributed by atoms with Crippen molar-refractivity contribution in [1.82, 2.24) is 19.8 Å². The summed E-state index contributed by atoms with van der Waals surface area (Å²) in [5.74, 6) is -0.493. The maximum absolute atomic E-state index is 12.6. The summed E-state index contributed by atoms with van der Waals surface area (Å²) in [7, 11) is -3.57. The Hall–Kier alpha value is -1.68. The van der Waals surface area contributed by atoms with Crippen molar-refractivity contribution in [3.8, 4) is 0 Å². The Bertz CT molecular complexity index is 762. The fraction of sp³-hybridized carbons (Fsp3) is 0.529. The standard InChI is InChI=1S/C17H25ClN4O4S/c1-3-19-17(24)13(2)20-16(23)12-21-8-10-22(11-9-21)27(25,26)15-6-4-14(18)5-7-15/h4-7,13H,3,8-12H2,1-2H3,(H,19,24)(H,20,23)/t13-/m1/s1. The Labute approximate surface area is 164 Å². The second-order valence-corrected chi connectivity index (χ2v) is 8.69. The number of benzene rings is 1. The van der Waals surface area contributed by atoms with Gasteiger partial charge in [-0.1, -0.05) is 11.6 Å². The van der Waals surface area contributed by atoms with Crippen molar-refractivity contribution in [3.63, 3.8) is 0 Å². The molecule has 0 spiro atoms. The molecule has 1 aliphatic heterocycles. The highest BCUT2D eigenvalue weighted by molar-refractivity contribution is 7.89. The number of likely N-dealkylation sites (N-methyl/N-ethyl adjacent to an activating group) is 1. The van der Waals surface area contributed by atoms with Crippen molar-refractivity contribution in [2.75, 3.05) is 39.3 Å². The van der Waals surface area contributed by atoms with E-state index in [0.717, 1.165) is 0 Å². The Balaban J connectivity index is 1.85. The van der Waals surface area contributed by atoms with E-state index in [1.54, 1.807) is 19.1 Å². The third-order valence-corrected chi connectivity index (χ3v) is 6.44. The molecular weight excluding hydrogens is 392 g/mol. The quantitative estimate of drug-likeness (QED) is 0.665. The first-order valence-corrected chi connectivity index (χ1v) is 10.6. The lowest BCUT2D eigenvalue weighted by Gasteiger charge is -2.33. The monoisotopic (exact) mass is 416 g/mol. The summed E-state index contributed by atoms with van der Waals surface area (Å²) in [6.45, 7) is 5.53. The number of sulfonamides is 1. The van der Waals surface area contributed by atoms with E-state index in [1.165, 1.54) is 16.4 Å². The molecule has 10 heteroatoms. The van der Waals surface area contributed by atoms with Crippen molar-refractivity contribution in [2.45, 2.75) is 24.8 Å². The van der Waals surface area contributed by atoms with Crippen LogP contribution in [0.1, 0.15) is 13.8 Å². The second kappa shape index (κ2) is 9.50. The smallest absolute Gasteiger partial charge is 0.243 e. The van der Waals surface area contributed by atoms with E-state index in [1.807, 2.05) is 11.8 Å². The molecule has 2 rings (SSSR count). The molecule has 1 atom stereocenters. The Kier molecular flexibility index (Phi) is 7.60. The van der Waals surface area contributed by atoms with Gasteiger partial charge in [-0.05, 0) is 38.1 Å². The number of carbonyl (C=O) groups excluding carboxylic acids is 2. The molecule has 0 saturated carbocycles. The molecule has 1 aromatic carbocycles. The van der Waals surface area contributed by atoms with Crippen LogP contribution in [-0.4, -0.2) is 74.7 Å². The van der Waals surface area contributed by atoms with Crippen molar-refractivity contribution < 1.29 is 18.0 Å². The van der Waals surface area contributed by atoms with Gasteiger partial charge in [0.25, 0.3) is 0 Å². The van der Waals surface area contributed by atoms with Gasteiger partial charge in [-0.15, -0.1) is 0 Å². The van der Waals surface area contributed by atoms with Crippen molar-refractivity contribution >= 4 is 33.4 Å². The Morgan fingerprint density at radius 2 is 1.74 bits per heavy atom. The lowest BCUT2D eigenvalue weighted by molar-refractivity contribution is -0.129. The highest BCUT2D eigenvalue weighted by Gasteiger charge is 2.29. The molecule has 0 unspecified atom stereocenters. The van der Waals surface area contributed by atoms with E-state index in [2.05, 4.69) is 10.6 Å². The molecule has 2 N–H and O–H groups in total.